The standard InChI is InChI=1S/C18H22N2O/c1-18(2,3)21-12-13-6-4-5-7-14(13)15-8-10-19-17-16(15)9-11-20-17/h4-8,10H,9,11-12H2,1-3H3,(H,19,20). The van der Waals surface area contributed by atoms with Crippen LogP contribution in [0.4, 0.5) is 5.82 Å². The van der Waals surface area contributed by atoms with E-state index in [0.29, 0.717) is 6.61 Å². The van der Waals surface area contributed by atoms with Gasteiger partial charge >= 0.3 is 0 Å². The van der Waals surface area contributed by atoms with E-state index in [1.54, 1.807) is 0 Å². The van der Waals surface area contributed by atoms with Gasteiger partial charge in [-0.1, -0.05) is 24.3 Å². The van der Waals surface area contributed by atoms with Crippen molar-refractivity contribution in [3.63, 3.8) is 0 Å². The molecule has 3 nitrogen and oxygen atoms in total. The van der Waals surface area contributed by atoms with Crippen LogP contribution in [-0.4, -0.2) is 17.1 Å². The molecule has 21 heavy (non-hydrogen) atoms. The Morgan fingerprint density at radius 1 is 1.14 bits per heavy atom. The van der Waals surface area contributed by atoms with Gasteiger partial charge in [0.05, 0.1) is 12.2 Å². The first-order chi connectivity index (χ1) is 10.0. The molecule has 0 radical (unpaired) electrons. The third-order valence-electron chi connectivity index (χ3n) is 3.69. The summed E-state index contributed by atoms with van der Waals surface area (Å²) < 4.78 is 5.97. The highest BCUT2D eigenvalue weighted by atomic mass is 16.5. The van der Waals surface area contributed by atoms with Crippen molar-refractivity contribution in [3.8, 4) is 11.1 Å². The molecule has 1 N–H and O–H groups in total. The van der Waals surface area contributed by atoms with E-state index < -0.39 is 0 Å². The summed E-state index contributed by atoms with van der Waals surface area (Å²) in [5, 5.41) is 3.34. The highest BCUT2D eigenvalue weighted by Crippen LogP contribution is 2.33. The summed E-state index contributed by atoms with van der Waals surface area (Å²) in [5.74, 6) is 1.03. The lowest BCUT2D eigenvalue weighted by Gasteiger charge is -2.21. The van der Waals surface area contributed by atoms with Gasteiger partial charge in [0.2, 0.25) is 0 Å². The smallest absolute Gasteiger partial charge is 0.129 e. The Morgan fingerprint density at radius 3 is 2.76 bits per heavy atom. The molecule has 1 aromatic carbocycles. The zero-order valence-electron chi connectivity index (χ0n) is 12.9. The molecule has 0 spiro atoms. The van der Waals surface area contributed by atoms with E-state index in [2.05, 4.69) is 61.4 Å². The maximum atomic E-state index is 5.97. The lowest BCUT2D eigenvalue weighted by molar-refractivity contribution is -0.0147. The second-order valence-electron chi connectivity index (χ2n) is 6.42. The van der Waals surface area contributed by atoms with Crippen molar-refractivity contribution in [2.75, 3.05) is 11.9 Å². The molecule has 0 bridgehead atoms. The van der Waals surface area contributed by atoms with Crippen LogP contribution < -0.4 is 5.32 Å². The van der Waals surface area contributed by atoms with Gasteiger partial charge in [0, 0.05) is 18.3 Å². The van der Waals surface area contributed by atoms with Crippen LogP contribution in [0.25, 0.3) is 11.1 Å². The number of ether oxygens (including phenoxy) is 1. The predicted molar refractivity (Wildman–Crippen MR) is 86.4 cm³/mol. The van der Waals surface area contributed by atoms with Crippen molar-refractivity contribution in [1.29, 1.82) is 0 Å². The Balaban J connectivity index is 1.98. The van der Waals surface area contributed by atoms with Crippen molar-refractivity contribution in [2.45, 2.75) is 39.4 Å². The third kappa shape index (κ3) is 3.08. The van der Waals surface area contributed by atoms with Gasteiger partial charge in [0.1, 0.15) is 5.82 Å². The van der Waals surface area contributed by atoms with Gasteiger partial charge < -0.3 is 10.1 Å². The van der Waals surface area contributed by atoms with Crippen LogP contribution in [-0.2, 0) is 17.8 Å². The van der Waals surface area contributed by atoms with Crippen LogP contribution in [0.1, 0.15) is 31.9 Å². The van der Waals surface area contributed by atoms with E-state index in [0.717, 1.165) is 18.8 Å². The molecule has 1 aliphatic rings. The predicted octanol–water partition coefficient (Wildman–Crippen LogP) is 4.03. The minimum atomic E-state index is -0.130. The molecular weight excluding hydrogens is 260 g/mol. The van der Waals surface area contributed by atoms with Crippen molar-refractivity contribution in [1.82, 2.24) is 4.98 Å². The molecule has 0 saturated carbocycles. The number of nitrogens with one attached hydrogen (secondary N) is 1. The fourth-order valence-electron chi connectivity index (χ4n) is 2.66. The maximum Gasteiger partial charge on any atom is 0.129 e. The molecule has 0 atom stereocenters. The van der Waals surface area contributed by atoms with Gasteiger partial charge in [0.25, 0.3) is 0 Å². The fraction of sp³-hybridized carbons (Fsp3) is 0.389. The molecular formula is C18H22N2O. The van der Waals surface area contributed by atoms with E-state index >= 15 is 0 Å². The van der Waals surface area contributed by atoms with Crippen molar-refractivity contribution < 1.29 is 4.74 Å². The Bertz CT molecular complexity index is 644. The monoisotopic (exact) mass is 282 g/mol. The summed E-state index contributed by atoms with van der Waals surface area (Å²) in [4.78, 5) is 4.42. The first kappa shape index (κ1) is 14.1. The van der Waals surface area contributed by atoms with Gasteiger partial charge in [0.15, 0.2) is 0 Å². The SMILES string of the molecule is CC(C)(C)OCc1ccccc1-c1ccnc2c1CCN2. The van der Waals surface area contributed by atoms with Crippen molar-refractivity contribution in [3.05, 3.63) is 47.7 Å². The third-order valence-corrected chi connectivity index (χ3v) is 3.69. The summed E-state index contributed by atoms with van der Waals surface area (Å²) >= 11 is 0. The molecule has 1 aliphatic heterocycles. The average molecular weight is 282 g/mol. The molecule has 3 heteroatoms. The number of nitrogens with zero attached hydrogens (tertiary/aromatic N) is 1. The normalized spacial score (nSPS) is 13.9. The van der Waals surface area contributed by atoms with Crippen LogP contribution in [0.2, 0.25) is 0 Å². The maximum absolute atomic E-state index is 5.97. The molecule has 0 fully saturated rings. The number of rotatable bonds is 3. The van der Waals surface area contributed by atoms with Gasteiger partial charge in [-0.15, -0.1) is 0 Å². The van der Waals surface area contributed by atoms with Crippen molar-refractivity contribution in [2.24, 2.45) is 0 Å². The molecule has 2 aromatic rings. The van der Waals surface area contributed by atoms with Gasteiger partial charge in [-0.05, 0) is 49.9 Å². The number of aromatic nitrogens is 1. The molecule has 2 heterocycles. The summed E-state index contributed by atoms with van der Waals surface area (Å²) in [6.07, 6.45) is 2.92. The van der Waals surface area contributed by atoms with Crippen LogP contribution in [0.15, 0.2) is 36.5 Å². The van der Waals surface area contributed by atoms with E-state index in [4.69, 9.17) is 4.74 Å². The Labute approximate surface area is 126 Å². The van der Waals surface area contributed by atoms with Crippen LogP contribution in [0.5, 0.6) is 0 Å². The highest BCUT2D eigenvalue weighted by molar-refractivity contribution is 5.75. The summed E-state index contributed by atoms with van der Waals surface area (Å²) in [7, 11) is 0. The number of pyridine rings is 1. The first-order valence-electron chi connectivity index (χ1n) is 7.48. The molecule has 1 aromatic heterocycles. The first-order valence-corrected chi connectivity index (χ1v) is 7.48. The minimum Gasteiger partial charge on any atom is -0.371 e. The second-order valence-corrected chi connectivity index (χ2v) is 6.42. The number of anilines is 1. The fourth-order valence-corrected chi connectivity index (χ4v) is 2.66. The molecule has 0 unspecified atom stereocenters. The zero-order chi connectivity index (χ0) is 14.9. The van der Waals surface area contributed by atoms with Crippen LogP contribution in [0.3, 0.4) is 0 Å². The van der Waals surface area contributed by atoms with Crippen molar-refractivity contribution >= 4 is 5.82 Å². The number of benzene rings is 1. The zero-order valence-corrected chi connectivity index (χ0v) is 12.9. The van der Waals surface area contributed by atoms with Crippen LogP contribution >= 0.6 is 0 Å². The lowest BCUT2D eigenvalue weighted by Crippen LogP contribution is -2.18. The highest BCUT2D eigenvalue weighted by Gasteiger charge is 2.18. The van der Waals surface area contributed by atoms with Gasteiger partial charge in [-0.3, -0.25) is 0 Å². The van der Waals surface area contributed by atoms with Gasteiger partial charge in [-0.25, -0.2) is 4.98 Å². The molecule has 0 saturated heterocycles. The second kappa shape index (κ2) is 5.49. The van der Waals surface area contributed by atoms with E-state index in [1.807, 2.05) is 6.20 Å². The molecule has 0 aliphatic carbocycles. The number of hydrogen-bond acceptors (Lipinski definition) is 3. The Morgan fingerprint density at radius 2 is 1.95 bits per heavy atom. The topological polar surface area (TPSA) is 34.1 Å². The summed E-state index contributed by atoms with van der Waals surface area (Å²) in [6, 6.07) is 10.6. The molecule has 110 valence electrons. The lowest BCUT2D eigenvalue weighted by atomic mass is 9.96. The number of fused-ring (bicyclic) bond motifs is 1. The average Bonchev–Trinajstić information content (AvgIpc) is 2.93. The van der Waals surface area contributed by atoms with E-state index in [-0.39, 0.29) is 5.60 Å². The largest absolute Gasteiger partial charge is 0.371 e. The summed E-state index contributed by atoms with van der Waals surface area (Å²) in [5.41, 5.74) is 4.95. The van der Waals surface area contributed by atoms with Crippen LogP contribution in [0, 0.1) is 0 Å². The Kier molecular flexibility index (Phi) is 3.68. The van der Waals surface area contributed by atoms with Gasteiger partial charge in [-0.2, -0.15) is 0 Å². The van der Waals surface area contributed by atoms with E-state index in [1.165, 1.54) is 22.3 Å². The van der Waals surface area contributed by atoms with E-state index in [9.17, 15) is 0 Å². The number of hydrogen-bond donors (Lipinski definition) is 1. The minimum absolute atomic E-state index is 0.130. The quantitative estimate of drug-likeness (QED) is 0.923. The Hall–Kier alpha value is -1.87. The summed E-state index contributed by atoms with van der Waals surface area (Å²) in [6.45, 7) is 7.86. The molecule has 0 amide bonds. The molecule has 3 rings (SSSR count).